The lowest BCUT2D eigenvalue weighted by Crippen LogP contribution is -2.32. The van der Waals surface area contributed by atoms with Crippen LogP contribution in [0.2, 0.25) is 0 Å². The number of anilines is 1. The third-order valence-electron chi connectivity index (χ3n) is 3.38. The smallest absolute Gasteiger partial charge is 0.121 e. The Morgan fingerprint density at radius 3 is 2.65 bits per heavy atom. The van der Waals surface area contributed by atoms with Crippen LogP contribution < -0.4 is 9.64 Å². The van der Waals surface area contributed by atoms with Crippen molar-refractivity contribution in [2.24, 2.45) is 0 Å². The quantitative estimate of drug-likeness (QED) is 0.870. The van der Waals surface area contributed by atoms with Gasteiger partial charge in [-0.25, -0.2) is 0 Å². The molecule has 2 rings (SSSR count). The Morgan fingerprint density at radius 1 is 1.29 bits per heavy atom. The van der Waals surface area contributed by atoms with Gasteiger partial charge in [0.1, 0.15) is 12.4 Å². The summed E-state index contributed by atoms with van der Waals surface area (Å²) in [6.07, 6.45) is 3.94. The van der Waals surface area contributed by atoms with Crippen molar-refractivity contribution in [2.75, 3.05) is 25.6 Å². The molecule has 0 atom stereocenters. The molecule has 0 unspecified atom stereocenters. The Bertz CT molecular complexity index is 370. The average molecular weight is 235 g/mol. The van der Waals surface area contributed by atoms with E-state index in [1.54, 1.807) is 0 Å². The van der Waals surface area contributed by atoms with Crippen molar-refractivity contribution in [1.82, 2.24) is 0 Å². The normalized spacial score (nSPS) is 18.1. The predicted molar refractivity (Wildman–Crippen MR) is 69.7 cm³/mol. The molecule has 0 aromatic heterocycles. The van der Waals surface area contributed by atoms with E-state index in [2.05, 4.69) is 0 Å². The van der Waals surface area contributed by atoms with E-state index >= 15 is 0 Å². The minimum Gasteiger partial charge on any atom is -0.491 e. The topological polar surface area (TPSA) is 32.7 Å². The Morgan fingerprint density at radius 2 is 2.00 bits per heavy atom. The molecule has 1 N–H and O–H groups in total. The maximum atomic E-state index is 10.2. The van der Waals surface area contributed by atoms with Crippen LogP contribution in [-0.2, 0) is 0 Å². The van der Waals surface area contributed by atoms with Crippen LogP contribution in [0.15, 0.2) is 24.3 Å². The summed E-state index contributed by atoms with van der Waals surface area (Å²) in [5.74, 6) is 0.830. The van der Waals surface area contributed by atoms with Crippen LogP contribution in [0.5, 0.6) is 5.75 Å². The number of nitrogens with zero attached hydrogens (tertiary/aromatic N) is 1. The van der Waals surface area contributed by atoms with Crippen molar-refractivity contribution in [1.29, 1.82) is 0 Å². The molecule has 0 bridgehead atoms. The number of aliphatic hydroxyl groups is 1. The lowest BCUT2D eigenvalue weighted by Gasteiger charge is -2.22. The summed E-state index contributed by atoms with van der Waals surface area (Å²) in [6.45, 7) is 0.407. The molecule has 0 heterocycles. The molecule has 3 nitrogen and oxygen atoms in total. The monoisotopic (exact) mass is 235 g/mol. The van der Waals surface area contributed by atoms with E-state index in [-0.39, 0.29) is 0 Å². The van der Waals surface area contributed by atoms with Crippen molar-refractivity contribution in [3.05, 3.63) is 24.3 Å². The lowest BCUT2D eigenvalue weighted by molar-refractivity contribution is 0.00142. The van der Waals surface area contributed by atoms with Crippen LogP contribution in [0.1, 0.15) is 25.7 Å². The number of benzene rings is 1. The van der Waals surface area contributed by atoms with Crippen molar-refractivity contribution in [3.8, 4) is 5.75 Å². The SMILES string of the molecule is CN(C)c1cccc(OCC2(O)CCCC2)c1. The number of ether oxygens (including phenoxy) is 1. The Labute approximate surface area is 103 Å². The van der Waals surface area contributed by atoms with E-state index in [1.807, 2.05) is 43.3 Å². The van der Waals surface area contributed by atoms with E-state index in [0.29, 0.717) is 6.61 Å². The van der Waals surface area contributed by atoms with Gasteiger partial charge in [0, 0.05) is 25.8 Å². The number of rotatable bonds is 4. The molecule has 1 aromatic rings. The molecule has 1 aromatic carbocycles. The Balaban J connectivity index is 1.96. The molecule has 1 saturated carbocycles. The van der Waals surface area contributed by atoms with Crippen LogP contribution in [-0.4, -0.2) is 31.4 Å². The zero-order chi connectivity index (χ0) is 12.3. The first-order chi connectivity index (χ1) is 8.09. The zero-order valence-corrected chi connectivity index (χ0v) is 10.6. The molecule has 0 aliphatic heterocycles. The van der Waals surface area contributed by atoms with Gasteiger partial charge in [-0.2, -0.15) is 0 Å². The van der Waals surface area contributed by atoms with Crippen LogP contribution in [0.3, 0.4) is 0 Å². The summed E-state index contributed by atoms with van der Waals surface area (Å²) >= 11 is 0. The Hall–Kier alpha value is -1.22. The highest BCUT2D eigenvalue weighted by molar-refractivity contribution is 5.49. The predicted octanol–water partition coefficient (Wildman–Crippen LogP) is 2.44. The van der Waals surface area contributed by atoms with Gasteiger partial charge in [0.25, 0.3) is 0 Å². The molecule has 0 saturated heterocycles. The zero-order valence-electron chi connectivity index (χ0n) is 10.6. The summed E-state index contributed by atoms with van der Waals surface area (Å²) in [5, 5.41) is 10.2. The van der Waals surface area contributed by atoms with Gasteiger partial charge >= 0.3 is 0 Å². The highest BCUT2D eigenvalue weighted by Crippen LogP contribution is 2.30. The summed E-state index contributed by atoms with van der Waals surface area (Å²) in [5.41, 5.74) is 0.509. The van der Waals surface area contributed by atoms with E-state index in [9.17, 15) is 5.11 Å². The van der Waals surface area contributed by atoms with Gasteiger partial charge < -0.3 is 14.7 Å². The van der Waals surface area contributed by atoms with Gasteiger partial charge in [-0.3, -0.25) is 0 Å². The summed E-state index contributed by atoms with van der Waals surface area (Å²) in [4.78, 5) is 2.04. The van der Waals surface area contributed by atoms with E-state index < -0.39 is 5.60 Å². The van der Waals surface area contributed by atoms with Crippen molar-refractivity contribution < 1.29 is 9.84 Å². The number of hydrogen-bond acceptors (Lipinski definition) is 3. The highest BCUT2D eigenvalue weighted by Gasteiger charge is 2.31. The summed E-state index contributed by atoms with van der Waals surface area (Å²) in [6, 6.07) is 7.95. The van der Waals surface area contributed by atoms with Gasteiger partial charge in [-0.05, 0) is 25.0 Å². The van der Waals surface area contributed by atoms with Gasteiger partial charge in [-0.15, -0.1) is 0 Å². The lowest BCUT2D eigenvalue weighted by atomic mass is 10.0. The molecular formula is C14H21NO2. The first kappa shape index (κ1) is 12.2. The molecule has 94 valence electrons. The van der Waals surface area contributed by atoms with Crippen molar-refractivity contribution >= 4 is 5.69 Å². The van der Waals surface area contributed by atoms with Gasteiger partial charge in [0.05, 0.1) is 5.60 Å². The second-order valence-electron chi connectivity index (χ2n) is 5.11. The molecule has 0 amide bonds. The van der Waals surface area contributed by atoms with Gasteiger partial charge in [0.15, 0.2) is 0 Å². The molecule has 1 fully saturated rings. The maximum absolute atomic E-state index is 10.2. The summed E-state index contributed by atoms with van der Waals surface area (Å²) < 4.78 is 5.71. The fourth-order valence-electron chi connectivity index (χ4n) is 2.25. The fraction of sp³-hybridized carbons (Fsp3) is 0.571. The second kappa shape index (κ2) is 4.96. The van der Waals surface area contributed by atoms with E-state index in [1.165, 1.54) is 0 Å². The Kier molecular flexibility index (Phi) is 3.57. The minimum atomic E-state index is -0.603. The molecule has 0 spiro atoms. The third-order valence-corrected chi connectivity index (χ3v) is 3.38. The van der Waals surface area contributed by atoms with Gasteiger partial charge in [0.2, 0.25) is 0 Å². The van der Waals surface area contributed by atoms with E-state index in [0.717, 1.165) is 37.1 Å². The molecule has 3 heteroatoms. The standard InChI is InChI=1S/C14H21NO2/c1-15(2)12-6-5-7-13(10-12)17-11-14(16)8-3-4-9-14/h5-7,10,16H,3-4,8-9,11H2,1-2H3. The van der Waals surface area contributed by atoms with Crippen molar-refractivity contribution in [2.45, 2.75) is 31.3 Å². The molecule has 1 aliphatic carbocycles. The average Bonchev–Trinajstić information content (AvgIpc) is 2.75. The van der Waals surface area contributed by atoms with E-state index in [4.69, 9.17) is 4.74 Å². The maximum Gasteiger partial charge on any atom is 0.121 e. The molecule has 17 heavy (non-hydrogen) atoms. The summed E-state index contributed by atoms with van der Waals surface area (Å²) in [7, 11) is 4.01. The molecular weight excluding hydrogens is 214 g/mol. The van der Waals surface area contributed by atoms with Crippen LogP contribution in [0.4, 0.5) is 5.69 Å². The van der Waals surface area contributed by atoms with Crippen LogP contribution >= 0.6 is 0 Å². The largest absolute Gasteiger partial charge is 0.491 e. The van der Waals surface area contributed by atoms with Crippen LogP contribution in [0, 0.1) is 0 Å². The van der Waals surface area contributed by atoms with Crippen molar-refractivity contribution in [3.63, 3.8) is 0 Å². The number of hydrogen-bond donors (Lipinski definition) is 1. The first-order valence-corrected chi connectivity index (χ1v) is 6.22. The molecule has 1 aliphatic rings. The third kappa shape index (κ3) is 3.13. The van der Waals surface area contributed by atoms with Gasteiger partial charge in [-0.1, -0.05) is 18.9 Å². The minimum absolute atomic E-state index is 0.407. The second-order valence-corrected chi connectivity index (χ2v) is 5.11. The molecule has 0 radical (unpaired) electrons. The highest BCUT2D eigenvalue weighted by atomic mass is 16.5. The first-order valence-electron chi connectivity index (χ1n) is 6.22. The van der Waals surface area contributed by atoms with Crippen LogP contribution in [0.25, 0.3) is 0 Å². The fourth-order valence-corrected chi connectivity index (χ4v) is 2.25.